The first-order chi connectivity index (χ1) is 9.29. The zero-order valence-corrected chi connectivity index (χ0v) is 11.4. The van der Waals surface area contributed by atoms with Gasteiger partial charge in [-0.2, -0.15) is 18.3 Å². The second-order valence-electron chi connectivity index (χ2n) is 4.59. The highest BCUT2D eigenvalue weighted by atomic mass is 35.5. The molecule has 0 saturated heterocycles. The van der Waals surface area contributed by atoms with Crippen LogP contribution in [-0.2, 0) is 12.6 Å². The Balaban J connectivity index is 2.47. The highest BCUT2D eigenvalue weighted by Crippen LogP contribution is 2.30. The average molecular weight is 304 g/mol. The molecule has 0 spiro atoms. The second-order valence-corrected chi connectivity index (χ2v) is 5.00. The predicted molar refractivity (Wildman–Crippen MR) is 70.9 cm³/mol. The molecule has 1 aromatic carbocycles. The summed E-state index contributed by atoms with van der Waals surface area (Å²) in [5, 5.41) is 4.22. The monoisotopic (exact) mass is 303 g/mol. The van der Waals surface area contributed by atoms with E-state index in [0.717, 1.165) is 12.4 Å². The molecule has 2 N–H and O–H groups in total. The largest absolute Gasteiger partial charge is 0.419 e. The lowest BCUT2D eigenvalue weighted by atomic mass is 10.1. The number of nitrogens with two attached hydrogens (primary N) is 1. The normalized spacial score (nSPS) is 13.5. The third kappa shape index (κ3) is 3.13. The van der Waals surface area contributed by atoms with Gasteiger partial charge in [0.15, 0.2) is 0 Å². The van der Waals surface area contributed by atoms with Crippen LogP contribution in [-0.4, -0.2) is 15.8 Å². The fraction of sp³-hybridized carbons (Fsp3) is 0.308. The van der Waals surface area contributed by atoms with Gasteiger partial charge in [-0.1, -0.05) is 17.7 Å². The van der Waals surface area contributed by atoms with Gasteiger partial charge in [-0.25, -0.2) is 4.68 Å². The number of alkyl halides is 3. The molecule has 0 aliphatic carbocycles. The van der Waals surface area contributed by atoms with E-state index in [2.05, 4.69) is 5.10 Å². The summed E-state index contributed by atoms with van der Waals surface area (Å²) in [6.45, 7) is 1.80. The minimum Gasteiger partial charge on any atom is -0.328 e. The van der Waals surface area contributed by atoms with Gasteiger partial charge in [0, 0.05) is 17.3 Å². The smallest absolute Gasteiger partial charge is 0.328 e. The van der Waals surface area contributed by atoms with Crippen LogP contribution >= 0.6 is 11.6 Å². The summed E-state index contributed by atoms with van der Waals surface area (Å²) in [6.07, 6.45) is -2.23. The first kappa shape index (κ1) is 14.9. The number of aromatic nitrogens is 2. The summed E-state index contributed by atoms with van der Waals surface area (Å²) in [4.78, 5) is 0. The Morgan fingerprint density at radius 3 is 2.65 bits per heavy atom. The van der Waals surface area contributed by atoms with Crippen LogP contribution in [0.3, 0.4) is 0 Å². The van der Waals surface area contributed by atoms with Gasteiger partial charge in [0.25, 0.3) is 0 Å². The van der Waals surface area contributed by atoms with Gasteiger partial charge in [-0.3, -0.25) is 0 Å². The Morgan fingerprint density at radius 1 is 1.40 bits per heavy atom. The fourth-order valence-corrected chi connectivity index (χ4v) is 2.13. The van der Waals surface area contributed by atoms with Crippen LogP contribution < -0.4 is 5.73 Å². The molecule has 1 atom stereocenters. The lowest BCUT2D eigenvalue weighted by Gasteiger charge is -2.13. The van der Waals surface area contributed by atoms with Gasteiger partial charge in [0.05, 0.1) is 17.4 Å². The SMILES string of the molecule is CC(N)Cc1c(Cl)cccc1-n1cc(C(F)(F)F)cn1. The standard InChI is InChI=1S/C13H13ClF3N3/c1-8(18)5-10-11(14)3-2-4-12(10)20-7-9(6-19-20)13(15,16)17/h2-4,6-8H,5,18H2,1H3. The molecular formula is C13H13ClF3N3. The zero-order chi connectivity index (χ0) is 14.9. The van der Waals surface area contributed by atoms with Crippen molar-refractivity contribution < 1.29 is 13.2 Å². The van der Waals surface area contributed by atoms with Crippen molar-refractivity contribution in [3.05, 3.63) is 46.7 Å². The quantitative estimate of drug-likeness (QED) is 0.944. The van der Waals surface area contributed by atoms with E-state index in [1.807, 2.05) is 0 Å². The van der Waals surface area contributed by atoms with Gasteiger partial charge in [-0.15, -0.1) is 0 Å². The van der Waals surface area contributed by atoms with E-state index >= 15 is 0 Å². The average Bonchev–Trinajstić information content (AvgIpc) is 2.80. The van der Waals surface area contributed by atoms with Crippen LogP contribution in [0.25, 0.3) is 5.69 Å². The molecule has 0 saturated carbocycles. The minimum atomic E-state index is -4.42. The van der Waals surface area contributed by atoms with Crippen molar-refractivity contribution in [1.29, 1.82) is 0 Å². The molecule has 0 amide bonds. The molecule has 0 bridgehead atoms. The molecule has 0 aliphatic heterocycles. The van der Waals surface area contributed by atoms with E-state index in [1.165, 1.54) is 4.68 Å². The maximum atomic E-state index is 12.6. The number of rotatable bonds is 3. The molecule has 1 aromatic heterocycles. The molecule has 7 heteroatoms. The van der Waals surface area contributed by atoms with Crippen molar-refractivity contribution in [1.82, 2.24) is 9.78 Å². The number of hydrogen-bond donors (Lipinski definition) is 1. The lowest BCUT2D eigenvalue weighted by Crippen LogP contribution is -2.19. The van der Waals surface area contributed by atoms with Crippen molar-refractivity contribution in [2.24, 2.45) is 5.73 Å². The number of halogens is 4. The van der Waals surface area contributed by atoms with Crippen LogP contribution in [0.15, 0.2) is 30.6 Å². The van der Waals surface area contributed by atoms with E-state index in [4.69, 9.17) is 17.3 Å². The summed E-state index contributed by atoms with van der Waals surface area (Å²) in [5.74, 6) is 0. The van der Waals surface area contributed by atoms with Gasteiger partial charge < -0.3 is 5.73 Å². The summed E-state index contributed by atoms with van der Waals surface area (Å²) in [5.41, 5.74) is 6.13. The lowest BCUT2D eigenvalue weighted by molar-refractivity contribution is -0.137. The third-order valence-corrected chi connectivity index (χ3v) is 3.13. The van der Waals surface area contributed by atoms with Gasteiger partial charge in [0.2, 0.25) is 0 Å². The Morgan fingerprint density at radius 2 is 2.10 bits per heavy atom. The molecular weight excluding hydrogens is 291 g/mol. The van der Waals surface area contributed by atoms with E-state index in [1.54, 1.807) is 25.1 Å². The van der Waals surface area contributed by atoms with Crippen molar-refractivity contribution in [3.63, 3.8) is 0 Å². The number of benzene rings is 1. The van der Waals surface area contributed by atoms with Crippen molar-refractivity contribution in [2.45, 2.75) is 25.6 Å². The molecule has 2 rings (SSSR count). The van der Waals surface area contributed by atoms with E-state index in [9.17, 15) is 13.2 Å². The second kappa shape index (κ2) is 5.46. The Hall–Kier alpha value is -1.53. The molecule has 108 valence electrons. The maximum absolute atomic E-state index is 12.6. The highest BCUT2D eigenvalue weighted by molar-refractivity contribution is 6.31. The summed E-state index contributed by atoms with van der Waals surface area (Å²) < 4.78 is 39.0. The summed E-state index contributed by atoms with van der Waals surface area (Å²) >= 11 is 6.10. The molecule has 1 heterocycles. The highest BCUT2D eigenvalue weighted by Gasteiger charge is 2.32. The van der Waals surface area contributed by atoms with E-state index in [-0.39, 0.29) is 6.04 Å². The van der Waals surface area contributed by atoms with E-state index < -0.39 is 11.7 Å². The molecule has 0 fully saturated rings. The van der Waals surface area contributed by atoms with Crippen LogP contribution in [0, 0.1) is 0 Å². The van der Waals surface area contributed by atoms with E-state index in [0.29, 0.717) is 22.7 Å². The van der Waals surface area contributed by atoms with Gasteiger partial charge in [-0.05, 0) is 31.0 Å². The van der Waals surface area contributed by atoms with Crippen LogP contribution in [0.1, 0.15) is 18.1 Å². The van der Waals surface area contributed by atoms with Crippen molar-refractivity contribution >= 4 is 11.6 Å². The van der Waals surface area contributed by atoms with Crippen molar-refractivity contribution in [2.75, 3.05) is 0 Å². The van der Waals surface area contributed by atoms with Crippen LogP contribution in [0.4, 0.5) is 13.2 Å². The number of nitrogens with zero attached hydrogens (tertiary/aromatic N) is 2. The molecule has 20 heavy (non-hydrogen) atoms. The Bertz CT molecular complexity index is 605. The summed E-state index contributed by atoms with van der Waals surface area (Å²) in [6, 6.07) is 4.84. The molecule has 0 radical (unpaired) electrons. The Labute approximate surface area is 119 Å². The topological polar surface area (TPSA) is 43.8 Å². The fourth-order valence-electron chi connectivity index (χ4n) is 1.89. The van der Waals surface area contributed by atoms with Gasteiger partial charge >= 0.3 is 6.18 Å². The summed E-state index contributed by atoms with van der Waals surface area (Å²) in [7, 11) is 0. The Kier molecular flexibility index (Phi) is 4.06. The number of hydrogen-bond acceptors (Lipinski definition) is 2. The zero-order valence-electron chi connectivity index (χ0n) is 10.7. The minimum absolute atomic E-state index is 0.161. The molecule has 3 nitrogen and oxygen atoms in total. The first-order valence-corrected chi connectivity index (χ1v) is 6.32. The van der Waals surface area contributed by atoms with Crippen LogP contribution in [0.2, 0.25) is 5.02 Å². The first-order valence-electron chi connectivity index (χ1n) is 5.94. The van der Waals surface area contributed by atoms with Crippen molar-refractivity contribution in [3.8, 4) is 5.69 Å². The van der Waals surface area contributed by atoms with Gasteiger partial charge in [0.1, 0.15) is 0 Å². The molecule has 2 aromatic rings. The van der Waals surface area contributed by atoms with Crippen LogP contribution in [0.5, 0.6) is 0 Å². The third-order valence-electron chi connectivity index (χ3n) is 2.78. The maximum Gasteiger partial charge on any atom is 0.419 e. The predicted octanol–water partition coefficient (Wildman–Crippen LogP) is 3.43. The molecule has 0 aliphatic rings. The molecule has 1 unspecified atom stereocenters.